The third kappa shape index (κ3) is 4.53. The molecule has 0 aliphatic carbocycles. The van der Waals surface area contributed by atoms with Crippen molar-refractivity contribution in [2.45, 2.75) is 6.92 Å². The maximum absolute atomic E-state index is 13.0. The van der Waals surface area contributed by atoms with Crippen LogP contribution in [0.25, 0.3) is 16.7 Å². The number of carbonyl (C=O) groups excluding carboxylic acids is 1. The normalized spacial score (nSPS) is 10.8. The molecule has 0 saturated heterocycles. The maximum Gasteiger partial charge on any atom is 0.257 e. The van der Waals surface area contributed by atoms with Gasteiger partial charge in [-0.15, -0.1) is 10.2 Å². The Kier molecular flexibility index (Phi) is 6.02. The van der Waals surface area contributed by atoms with E-state index >= 15 is 0 Å². The van der Waals surface area contributed by atoms with Crippen LogP contribution in [0, 0.1) is 12.7 Å². The minimum absolute atomic E-state index is 0.108. The molecule has 0 spiro atoms. The molecule has 162 valence electrons. The van der Waals surface area contributed by atoms with Crippen LogP contribution in [0.4, 0.5) is 10.1 Å². The average Bonchev–Trinajstić information content (AvgIpc) is 3.17. The lowest BCUT2D eigenvalue weighted by Crippen LogP contribution is -2.34. The third-order valence-corrected chi connectivity index (χ3v) is 5.17. The predicted octanol–water partition coefficient (Wildman–Crippen LogP) is 4.66. The molecule has 3 aromatic carbocycles. The van der Waals surface area contributed by atoms with Crippen LogP contribution in [0.15, 0.2) is 54.6 Å². The molecule has 0 fully saturated rings. The number of benzene rings is 3. The van der Waals surface area contributed by atoms with Crippen molar-refractivity contribution in [2.24, 2.45) is 0 Å². The maximum atomic E-state index is 13.0. The Hall–Kier alpha value is -3.56. The first kappa shape index (κ1) is 21.7. The average molecular weight is 470 g/mol. The van der Waals surface area contributed by atoms with Gasteiger partial charge in [0.2, 0.25) is 0 Å². The number of hydrogen-bond donors (Lipinski definition) is 2. The van der Waals surface area contributed by atoms with Crippen molar-refractivity contribution < 1.29 is 13.9 Å². The highest BCUT2D eigenvalue weighted by molar-refractivity contribution is 7.80. The number of aromatic nitrogens is 3. The van der Waals surface area contributed by atoms with Crippen molar-refractivity contribution in [3.8, 4) is 11.4 Å². The second-order valence-corrected chi connectivity index (χ2v) is 7.69. The molecular weight excluding hydrogens is 453 g/mol. The van der Waals surface area contributed by atoms with Crippen molar-refractivity contribution in [3.05, 3.63) is 76.6 Å². The van der Waals surface area contributed by atoms with E-state index in [9.17, 15) is 9.18 Å². The number of hydrogen-bond acceptors (Lipinski definition) is 5. The van der Waals surface area contributed by atoms with Crippen LogP contribution < -0.4 is 15.4 Å². The smallest absolute Gasteiger partial charge is 0.257 e. The van der Waals surface area contributed by atoms with Crippen molar-refractivity contribution in [2.75, 3.05) is 12.4 Å². The minimum atomic E-state index is -0.441. The quantitative estimate of drug-likeness (QED) is 0.423. The van der Waals surface area contributed by atoms with Crippen LogP contribution in [-0.2, 0) is 0 Å². The van der Waals surface area contributed by atoms with E-state index < -0.39 is 11.7 Å². The SMILES string of the molecule is COc1ccc(-n2nc3cc(C)c(NC(=S)NC(=O)c4ccc(F)cc4)cc3n2)cc1Cl. The number of methoxy groups -OCH3 is 1. The molecule has 0 radical (unpaired) electrons. The predicted molar refractivity (Wildman–Crippen MR) is 125 cm³/mol. The lowest BCUT2D eigenvalue weighted by atomic mass is 10.2. The van der Waals surface area contributed by atoms with Gasteiger partial charge in [-0.3, -0.25) is 10.1 Å². The van der Waals surface area contributed by atoms with Gasteiger partial charge in [0, 0.05) is 11.3 Å². The summed E-state index contributed by atoms with van der Waals surface area (Å²) in [6.07, 6.45) is 0. The number of anilines is 1. The highest BCUT2D eigenvalue weighted by Crippen LogP contribution is 2.27. The van der Waals surface area contributed by atoms with Gasteiger partial charge in [-0.05, 0) is 79.3 Å². The van der Waals surface area contributed by atoms with Crippen molar-refractivity contribution in [1.82, 2.24) is 20.3 Å². The molecule has 1 aromatic heterocycles. The summed E-state index contributed by atoms with van der Waals surface area (Å²) in [6, 6.07) is 14.1. The van der Waals surface area contributed by atoms with E-state index in [1.54, 1.807) is 31.4 Å². The summed E-state index contributed by atoms with van der Waals surface area (Å²) in [5.41, 5.74) is 3.81. The van der Waals surface area contributed by atoms with E-state index in [4.69, 9.17) is 28.6 Å². The molecule has 4 rings (SSSR count). The largest absolute Gasteiger partial charge is 0.495 e. The summed E-state index contributed by atoms with van der Waals surface area (Å²) in [4.78, 5) is 13.8. The molecule has 32 heavy (non-hydrogen) atoms. The Labute approximate surface area is 193 Å². The molecule has 0 aliphatic heterocycles. The van der Waals surface area contributed by atoms with E-state index in [1.807, 2.05) is 13.0 Å². The Morgan fingerprint density at radius 1 is 1.09 bits per heavy atom. The number of nitrogens with one attached hydrogen (secondary N) is 2. The number of nitrogens with zero attached hydrogens (tertiary/aromatic N) is 3. The van der Waals surface area contributed by atoms with Gasteiger partial charge in [0.05, 0.1) is 17.8 Å². The zero-order valence-electron chi connectivity index (χ0n) is 17.0. The number of aryl methyl sites for hydroxylation is 1. The van der Waals surface area contributed by atoms with Crippen LogP contribution in [-0.4, -0.2) is 33.1 Å². The number of rotatable bonds is 4. The summed E-state index contributed by atoms with van der Waals surface area (Å²) in [7, 11) is 1.55. The fourth-order valence-electron chi connectivity index (χ4n) is 3.03. The number of halogens is 2. The van der Waals surface area contributed by atoms with Crippen molar-refractivity contribution >= 4 is 51.6 Å². The zero-order valence-corrected chi connectivity index (χ0v) is 18.6. The fraction of sp³-hybridized carbons (Fsp3) is 0.0909. The van der Waals surface area contributed by atoms with E-state index in [-0.39, 0.29) is 5.11 Å². The number of carbonyl (C=O) groups is 1. The molecule has 1 heterocycles. The topological polar surface area (TPSA) is 81.1 Å². The molecule has 10 heteroatoms. The van der Waals surface area contributed by atoms with Gasteiger partial charge in [-0.2, -0.15) is 4.80 Å². The second-order valence-electron chi connectivity index (χ2n) is 6.88. The molecule has 0 bridgehead atoms. The molecule has 1 amide bonds. The zero-order chi connectivity index (χ0) is 22.8. The van der Waals surface area contributed by atoms with Crippen molar-refractivity contribution in [1.29, 1.82) is 0 Å². The Morgan fingerprint density at radius 2 is 1.78 bits per heavy atom. The molecule has 2 N–H and O–H groups in total. The summed E-state index contributed by atoms with van der Waals surface area (Å²) < 4.78 is 18.2. The Morgan fingerprint density at radius 3 is 2.44 bits per heavy atom. The van der Waals surface area contributed by atoms with E-state index in [2.05, 4.69) is 20.8 Å². The van der Waals surface area contributed by atoms with E-state index in [0.29, 0.717) is 38.7 Å². The lowest BCUT2D eigenvalue weighted by Gasteiger charge is -2.11. The van der Waals surface area contributed by atoms with Crippen molar-refractivity contribution in [3.63, 3.8) is 0 Å². The molecule has 0 atom stereocenters. The summed E-state index contributed by atoms with van der Waals surface area (Å²) >= 11 is 11.5. The van der Waals surface area contributed by atoms with Gasteiger partial charge in [0.25, 0.3) is 5.91 Å². The third-order valence-electron chi connectivity index (χ3n) is 4.67. The number of ether oxygens (including phenoxy) is 1. The molecule has 4 aromatic rings. The highest BCUT2D eigenvalue weighted by atomic mass is 35.5. The number of amides is 1. The highest BCUT2D eigenvalue weighted by Gasteiger charge is 2.13. The lowest BCUT2D eigenvalue weighted by molar-refractivity contribution is 0.0977. The molecular formula is C22H17ClFN5O2S. The minimum Gasteiger partial charge on any atom is -0.495 e. The van der Waals surface area contributed by atoms with E-state index in [0.717, 1.165) is 5.56 Å². The summed E-state index contributed by atoms with van der Waals surface area (Å²) in [5.74, 6) is -0.301. The Bertz CT molecular complexity index is 1340. The van der Waals surface area contributed by atoms with Gasteiger partial charge in [-0.1, -0.05) is 11.6 Å². The van der Waals surface area contributed by atoms with Crippen LogP contribution in [0.3, 0.4) is 0 Å². The Balaban J connectivity index is 1.54. The monoisotopic (exact) mass is 469 g/mol. The van der Waals surface area contributed by atoms with Crippen LogP contribution in [0.2, 0.25) is 5.02 Å². The summed E-state index contributed by atoms with van der Waals surface area (Å²) in [5, 5.41) is 15.1. The summed E-state index contributed by atoms with van der Waals surface area (Å²) in [6.45, 7) is 1.88. The van der Waals surface area contributed by atoms with Gasteiger partial charge < -0.3 is 10.1 Å². The van der Waals surface area contributed by atoms with E-state index in [1.165, 1.54) is 29.1 Å². The van der Waals surface area contributed by atoms with Crippen LogP contribution in [0.1, 0.15) is 15.9 Å². The molecule has 7 nitrogen and oxygen atoms in total. The van der Waals surface area contributed by atoms with Gasteiger partial charge in [-0.25, -0.2) is 4.39 Å². The van der Waals surface area contributed by atoms with Gasteiger partial charge in [0.1, 0.15) is 22.6 Å². The standard InChI is InChI=1S/C22H17ClFN5O2S/c1-12-9-18-19(28-29(27-18)15-7-8-20(31-2)16(23)10-15)11-17(12)25-22(32)26-21(30)13-3-5-14(24)6-4-13/h3-11H,1-2H3,(H2,25,26,30,32). The molecule has 0 aliphatic rings. The molecule has 0 unspecified atom stereocenters. The first-order chi connectivity index (χ1) is 15.3. The molecule has 0 saturated carbocycles. The first-order valence-corrected chi connectivity index (χ1v) is 10.2. The first-order valence-electron chi connectivity index (χ1n) is 9.43. The van der Waals surface area contributed by atoms with Crippen LogP contribution >= 0.6 is 23.8 Å². The second kappa shape index (κ2) is 8.89. The van der Waals surface area contributed by atoms with Gasteiger partial charge in [0.15, 0.2) is 5.11 Å². The van der Waals surface area contributed by atoms with Gasteiger partial charge >= 0.3 is 0 Å². The number of fused-ring (bicyclic) bond motifs is 1. The fourth-order valence-corrected chi connectivity index (χ4v) is 3.48. The number of thiocarbonyl (C=S) groups is 1. The van der Waals surface area contributed by atoms with Crippen LogP contribution in [0.5, 0.6) is 5.75 Å².